The second-order valence-electron chi connectivity index (χ2n) is 4.06. The molecule has 0 amide bonds. The fourth-order valence-electron chi connectivity index (χ4n) is 1.68. The van der Waals surface area contributed by atoms with E-state index >= 15 is 0 Å². The van der Waals surface area contributed by atoms with Crippen molar-refractivity contribution in [3.63, 3.8) is 0 Å². The summed E-state index contributed by atoms with van der Waals surface area (Å²) in [6, 6.07) is 6.52. The van der Waals surface area contributed by atoms with Gasteiger partial charge >= 0.3 is 0 Å². The van der Waals surface area contributed by atoms with Crippen LogP contribution in [0.4, 0.5) is 5.69 Å². The van der Waals surface area contributed by atoms with Crippen LogP contribution in [0.2, 0.25) is 0 Å². The maximum absolute atomic E-state index is 4.58. The Bertz CT molecular complexity index is 359. The standard InChI is InChI=1S/C12H17NS3/c1-13(2)9-4-5-11(14)10(8-9)12-15-6-3-7-16-12/h4-5,8,12,14H,3,6-7H2,1-2H3. The van der Waals surface area contributed by atoms with E-state index in [1.807, 2.05) is 23.5 Å². The Morgan fingerprint density at radius 1 is 1.25 bits per heavy atom. The summed E-state index contributed by atoms with van der Waals surface area (Å²) >= 11 is 8.67. The topological polar surface area (TPSA) is 3.24 Å². The highest BCUT2D eigenvalue weighted by molar-refractivity contribution is 8.16. The van der Waals surface area contributed by atoms with E-state index in [-0.39, 0.29) is 0 Å². The summed E-state index contributed by atoms with van der Waals surface area (Å²) < 4.78 is 0.571. The van der Waals surface area contributed by atoms with Crippen LogP contribution in [0.25, 0.3) is 0 Å². The first-order valence-corrected chi connectivity index (χ1v) is 7.96. The molecule has 0 unspecified atom stereocenters. The van der Waals surface area contributed by atoms with Crippen LogP contribution in [-0.4, -0.2) is 25.6 Å². The lowest BCUT2D eigenvalue weighted by Gasteiger charge is -2.24. The summed E-state index contributed by atoms with van der Waals surface area (Å²) in [4.78, 5) is 3.27. The van der Waals surface area contributed by atoms with Crippen molar-refractivity contribution in [3.8, 4) is 0 Å². The molecule has 1 aliphatic heterocycles. The van der Waals surface area contributed by atoms with Gasteiger partial charge in [0.05, 0.1) is 4.58 Å². The average Bonchev–Trinajstić information content (AvgIpc) is 2.30. The fraction of sp³-hybridized carbons (Fsp3) is 0.500. The predicted octanol–water partition coefficient (Wildman–Crippen LogP) is 3.91. The number of benzene rings is 1. The zero-order valence-electron chi connectivity index (χ0n) is 9.64. The number of hydrogen-bond donors (Lipinski definition) is 1. The third-order valence-corrected chi connectivity index (χ3v) is 5.99. The minimum Gasteiger partial charge on any atom is -0.378 e. The van der Waals surface area contributed by atoms with Gasteiger partial charge in [-0.3, -0.25) is 0 Å². The van der Waals surface area contributed by atoms with Crippen LogP contribution in [0.1, 0.15) is 16.6 Å². The summed E-state index contributed by atoms with van der Waals surface area (Å²) in [6.07, 6.45) is 1.33. The third kappa shape index (κ3) is 2.84. The zero-order chi connectivity index (χ0) is 11.5. The summed E-state index contributed by atoms with van der Waals surface area (Å²) in [7, 11) is 4.16. The molecule has 0 spiro atoms. The van der Waals surface area contributed by atoms with Gasteiger partial charge in [-0.1, -0.05) is 0 Å². The monoisotopic (exact) mass is 271 g/mol. The molecule has 1 nitrogen and oxygen atoms in total. The van der Waals surface area contributed by atoms with E-state index in [1.54, 1.807) is 0 Å². The van der Waals surface area contributed by atoms with E-state index in [0.29, 0.717) is 4.58 Å². The van der Waals surface area contributed by atoms with Crippen LogP contribution < -0.4 is 4.90 Å². The van der Waals surface area contributed by atoms with E-state index in [9.17, 15) is 0 Å². The summed E-state index contributed by atoms with van der Waals surface area (Å²) in [6.45, 7) is 0. The van der Waals surface area contributed by atoms with Crippen molar-refractivity contribution in [2.45, 2.75) is 15.9 Å². The van der Waals surface area contributed by atoms with Gasteiger partial charge in [0, 0.05) is 24.7 Å². The maximum atomic E-state index is 4.58. The summed E-state index contributed by atoms with van der Waals surface area (Å²) in [5, 5.41) is 0. The molecule has 1 aromatic rings. The van der Waals surface area contributed by atoms with Crippen LogP contribution in [0.3, 0.4) is 0 Å². The highest BCUT2D eigenvalue weighted by atomic mass is 32.2. The lowest BCUT2D eigenvalue weighted by molar-refractivity contribution is 1.08. The van der Waals surface area contributed by atoms with Crippen molar-refractivity contribution in [1.29, 1.82) is 0 Å². The summed E-state index contributed by atoms with van der Waals surface area (Å²) in [5.41, 5.74) is 2.64. The van der Waals surface area contributed by atoms with Gasteiger partial charge in [0.25, 0.3) is 0 Å². The van der Waals surface area contributed by atoms with Crippen molar-refractivity contribution in [3.05, 3.63) is 23.8 Å². The highest BCUT2D eigenvalue weighted by Gasteiger charge is 2.19. The second-order valence-corrected chi connectivity index (χ2v) is 7.27. The van der Waals surface area contributed by atoms with Crippen LogP contribution in [-0.2, 0) is 0 Å². The van der Waals surface area contributed by atoms with Gasteiger partial charge in [0.1, 0.15) is 0 Å². The summed E-state index contributed by atoms with van der Waals surface area (Å²) in [5.74, 6) is 2.55. The molecule has 0 N–H and O–H groups in total. The smallest absolute Gasteiger partial charge is 0.0762 e. The molecule has 0 radical (unpaired) electrons. The molecule has 88 valence electrons. The molecule has 0 aliphatic carbocycles. The highest BCUT2D eigenvalue weighted by Crippen LogP contribution is 2.46. The van der Waals surface area contributed by atoms with Crippen molar-refractivity contribution in [2.75, 3.05) is 30.5 Å². The number of thioether (sulfide) groups is 2. The third-order valence-electron chi connectivity index (χ3n) is 2.61. The Hall–Kier alpha value is 0.0700. The Labute approximate surface area is 112 Å². The lowest BCUT2D eigenvalue weighted by atomic mass is 10.2. The molecular formula is C12H17NS3. The molecule has 1 heterocycles. The number of rotatable bonds is 2. The first-order valence-electron chi connectivity index (χ1n) is 5.42. The Morgan fingerprint density at radius 2 is 1.94 bits per heavy atom. The molecule has 4 heteroatoms. The van der Waals surface area contributed by atoms with Gasteiger partial charge in [-0.15, -0.1) is 36.2 Å². The average molecular weight is 271 g/mol. The minimum atomic E-state index is 0.571. The van der Waals surface area contributed by atoms with Crippen LogP contribution in [0.15, 0.2) is 23.1 Å². The Balaban J connectivity index is 2.27. The van der Waals surface area contributed by atoms with E-state index in [0.717, 1.165) is 4.90 Å². The van der Waals surface area contributed by atoms with E-state index in [2.05, 4.69) is 49.8 Å². The molecule has 0 bridgehead atoms. The first-order chi connectivity index (χ1) is 7.68. The fourth-order valence-corrected chi connectivity index (χ4v) is 5.06. The van der Waals surface area contributed by atoms with Crippen molar-refractivity contribution in [2.24, 2.45) is 0 Å². The van der Waals surface area contributed by atoms with Crippen LogP contribution >= 0.6 is 36.2 Å². The van der Waals surface area contributed by atoms with Gasteiger partial charge < -0.3 is 4.90 Å². The molecule has 2 rings (SSSR count). The number of thiol groups is 1. The largest absolute Gasteiger partial charge is 0.378 e. The first kappa shape index (κ1) is 12.5. The molecule has 1 fully saturated rings. The molecule has 1 aliphatic rings. The second kappa shape index (κ2) is 5.61. The maximum Gasteiger partial charge on any atom is 0.0762 e. The zero-order valence-corrected chi connectivity index (χ0v) is 12.2. The van der Waals surface area contributed by atoms with Crippen LogP contribution in [0, 0.1) is 0 Å². The normalized spacial score (nSPS) is 17.4. The van der Waals surface area contributed by atoms with Crippen molar-refractivity contribution in [1.82, 2.24) is 0 Å². The van der Waals surface area contributed by atoms with Gasteiger partial charge in [-0.25, -0.2) is 0 Å². The van der Waals surface area contributed by atoms with Gasteiger partial charge in [-0.05, 0) is 41.7 Å². The Kier molecular flexibility index (Phi) is 4.39. The number of hydrogen-bond acceptors (Lipinski definition) is 4. The molecule has 1 aromatic carbocycles. The minimum absolute atomic E-state index is 0.571. The molecule has 0 aromatic heterocycles. The number of nitrogens with zero attached hydrogens (tertiary/aromatic N) is 1. The molecular weight excluding hydrogens is 254 g/mol. The van der Waals surface area contributed by atoms with Gasteiger partial charge in [0.2, 0.25) is 0 Å². The van der Waals surface area contributed by atoms with E-state index in [4.69, 9.17) is 0 Å². The molecule has 0 atom stereocenters. The van der Waals surface area contributed by atoms with Gasteiger partial charge in [-0.2, -0.15) is 0 Å². The molecule has 0 saturated carbocycles. The SMILES string of the molecule is CN(C)c1ccc(S)c(C2SCCCS2)c1. The lowest BCUT2D eigenvalue weighted by Crippen LogP contribution is -2.09. The molecule has 16 heavy (non-hydrogen) atoms. The quantitative estimate of drug-likeness (QED) is 0.813. The van der Waals surface area contributed by atoms with Crippen LogP contribution in [0.5, 0.6) is 0 Å². The predicted molar refractivity (Wildman–Crippen MR) is 80.3 cm³/mol. The Morgan fingerprint density at radius 3 is 2.56 bits per heavy atom. The van der Waals surface area contributed by atoms with Crippen molar-refractivity contribution < 1.29 is 0 Å². The van der Waals surface area contributed by atoms with Gasteiger partial charge in [0.15, 0.2) is 0 Å². The van der Waals surface area contributed by atoms with Crippen molar-refractivity contribution >= 4 is 41.8 Å². The number of anilines is 1. The van der Waals surface area contributed by atoms with E-state index < -0.39 is 0 Å². The van der Waals surface area contributed by atoms with E-state index in [1.165, 1.54) is 29.2 Å². The molecule has 1 saturated heterocycles.